The molecule has 0 atom stereocenters. The van der Waals surface area contributed by atoms with Crippen LogP contribution in [0.25, 0.3) is 10.7 Å². The molecule has 0 amide bonds. The maximum atomic E-state index is 6.04. The first-order chi connectivity index (χ1) is 12.2. The van der Waals surface area contributed by atoms with Crippen molar-refractivity contribution in [1.82, 2.24) is 14.9 Å². The van der Waals surface area contributed by atoms with Gasteiger partial charge in [-0.3, -0.25) is 4.90 Å². The van der Waals surface area contributed by atoms with Crippen LogP contribution in [0.2, 0.25) is 0 Å². The SMILES string of the molecule is Cc1cccc(OCN2CCc3nc(-c4cccs4)ncc3C2)c1C. The van der Waals surface area contributed by atoms with Crippen LogP contribution in [0.4, 0.5) is 0 Å². The average molecular weight is 351 g/mol. The summed E-state index contributed by atoms with van der Waals surface area (Å²) in [7, 11) is 0. The molecule has 0 spiro atoms. The van der Waals surface area contributed by atoms with Crippen LogP contribution in [0.3, 0.4) is 0 Å². The summed E-state index contributed by atoms with van der Waals surface area (Å²) in [6.45, 7) is 6.61. The van der Waals surface area contributed by atoms with Gasteiger partial charge in [0.2, 0.25) is 0 Å². The molecule has 0 N–H and O–H groups in total. The van der Waals surface area contributed by atoms with Gasteiger partial charge < -0.3 is 4.74 Å². The Morgan fingerprint density at radius 2 is 2.12 bits per heavy atom. The van der Waals surface area contributed by atoms with Gasteiger partial charge in [-0.2, -0.15) is 0 Å². The number of aromatic nitrogens is 2. The lowest BCUT2D eigenvalue weighted by Crippen LogP contribution is -2.34. The Hall–Kier alpha value is -2.24. The molecule has 25 heavy (non-hydrogen) atoms. The highest BCUT2D eigenvalue weighted by atomic mass is 32.1. The fraction of sp³-hybridized carbons (Fsp3) is 0.300. The summed E-state index contributed by atoms with van der Waals surface area (Å²) < 4.78 is 6.04. The largest absolute Gasteiger partial charge is 0.478 e. The summed E-state index contributed by atoms with van der Waals surface area (Å²) in [5.74, 6) is 1.81. The fourth-order valence-corrected chi connectivity index (χ4v) is 3.72. The molecule has 0 aliphatic carbocycles. The van der Waals surface area contributed by atoms with Gasteiger partial charge in [0.15, 0.2) is 5.82 Å². The number of ether oxygens (including phenoxy) is 1. The summed E-state index contributed by atoms with van der Waals surface area (Å²) in [5.41, 5.74) is 4.84. The van der Waals surface area contributed by atoms with Crippen molar-refractivity contribution in [3.8, 4) is 16.5 Å². The van der Waals surface area contributed by atoms with Crippen LogP contribution < -0.4 is 4.74 Å². The molecule has 0 saturated heterocycles. The second-order valence-corrected chi connectivity index (χ2v) is 7.36. The molecule has 4 nitrogen and oxygen atoms in total. The standard InChI is InChI=1S/C20H21N3OS/c1-14-5-3-6-18(15(14)2)24-13-23-9-8-17-16(12-23)11-21-20(22-17)19-7-4-10-25-19/h3-7,10-11H,8-9,12-13H2,1-2H3. The fourth-order valence-electron chi connectivity index (χ4n) is 3.05. The Balaban J connectivity index is 1.44. The molecule has 0 unspecified atom stereocenters. The van der Waals surface area contributed by atoms with E-state index in [0.29, 0.717) is 6.73 Å². The minimum absolute atomic E-state index is 0.594. The van der Waals surface area contributed by atoms with E-state index in [2.05, 4.69) is 41.2 Å². The van der Waals surface area contributed by atoms with Gasteiger partial charge in [-0.25, -0.2) is 9.97 Å². The van der Waals surface area contributed by atoms with Crippen molar-refractivity contribution in [1.29, 1.82) is 0 Å². The molecule has 3 heterocycles. The molecule has 1 aliphatic rings. The molecule has 2 aromatic heterocycles. The normalized spacial score (nSPS) is 14.3. The van der Waals surface area contributed by atoms with E-state index in [9.17, 15) is 0 Å². The lowest BCUT2D eigenvalue weighted by molar-refractivity contribution is 0.112. The van der Waals surface area contributed by atoms with Crippen LogP contribution in [0.5, 0.6) is 5.75 Å². The highest BCUT2D eigenvalue weighted by molar-refractivity contribution is 7.13. The Morgan fingerprint density at radius 1 is 1.20 bits per heavy atom. The lowest BCUT2D eigenvalue weighted by Gasteiger charge is -2.28. The van der Waals surface area contributed by atoms with Crippen LogP contribution in [-0.4, -0.2) is 28.1 Å². The maximum Gasteiger partial charge on any atom is 0.169 e. The predicted molar refractivity (Wildman–Crippen MR) is 101 cm³/mol. The first kappa shape index (κ1) is 16.2. The monoisotopic (exact) mass is 351 g/mol. The summed E-state index contributed by atoms with van der Waals surface area (Å²) in [5, 5.41) is 2.06. The lowest BCUT2D eigenvalue weighted by atomic mass is 10.1. The molecule has 0 bridgehead atoms. The second-order valence-electron chi connectivity index (χ2n) is 6.42. The van der Waals surface area contributed by atoms with E-state index in [0.717, 1.165) is 36.0 Å². The van der Waals surface area contributed by atoms with Crippen LogP contribution in [0.1, 0.15) is 22.4 Å². The third kappa shape index (κ3) is 3.43. The van der Waals surface area contributed by atoms with Crippen molar-refractivity contribution in [2.75, 3.05) is 13.3 Å². The number of benzene rings is 1. The van der Waals surface area contributed by atoms with E-state index in [1.807, 2.05) is 24.4 Å². The van der Waals surface area contributed by atoms with E-state index < -0.39 is 0 Å². The zero-order valence-electron chi connectivity index (χ0n) is 14.5. The van der Waals surface area contributed by atoms with Crippen molar-refractivity contribution >= 4 is 11.3 Å². The number of rotatable bonds is 4. The first-order valence-electron chi connectivity index (χ1n) is 8.51. The smallest absolute Gasteiger partial charge is 0.169 e. The molecule has 1 aliphatic heterocycles. The van der Waals surface area contributed by atoms with Crippen molar-refractivity contribution < 1.29 is 4.74 Å². The van der Waals surface area contributed by atoms with Crippen molar-refractivity contribution in [2.45, 2.75) is 26.8 Å². The van der Waals surface area contributed by atoms with Gasteiger partial charge in [0.25, 0.3) is 0 Å². The molecule has 4 rings (SSSR count). The van der Waals surface area contributed by atoms with Crippen molar-refractivity contribution in [3.63, 3.8) is 0 Å². The molecule has 0 saturated carbocycles. The summed E-state index contributed by atoms with van der Waals surface area (Å²) in [4.78, 5) is 12.7. The zero-order valence-corrected chi connectivity index (χ0v) is 15.3. The molecular formula is C20H21N3OS. The Bertz CT molecular complexity index is 877. The van der Waals surface area contributed by atoms with Crippen molar-refractivity contribution in [2.24, 2.45) is 0 Å². The maximum absolute atomic E-state index is 6.04. The van der Waals surface area contributed by atoms with E-state index in [4.69, 9.17) is 9.72 Å². The number of thiophene rings is 1. The third-order valence-corrected chi connectivity index (χ3v) is 5.58. The van der Waals surface area contributed by atoms with Gasteiger partial charge in [0, 0.05) is 31.3 Å². The molecule has 0 fully saturated rings. The quantitative estimate of drug-likeness (QED) is 0.705. The Morgan fingerprint density at radius 3 is 2.96 bits per heavy atom. The molecule has 1 aromatic carbocycles. The van der Waals surface area contributed by atoms with Crippen LogP contribution in [0.15, 0.2) is 41.9 Å². The highest BCUT2D eigenvalue weighted by Gasteiger charge is 2.19. The van der Waals surface area contributed by atoms with Gasteiger partial charge >= 0.3 is 0 Å². The van der Waals surface area contributed by atoms with Gasteiger partial charge in [0.05, 0.1) is 10.6 Å². The number of hydrogen-bond acceptors (Lipinski definition) is 5. The van der Waals surface area contributed by atoms with Gasteiger partial charge in [-0.15, -0.1) is 11.3 Å². The van der Waals surface area contributed by atoms with E-state index in [1.54, 1.807) is 11.3 Å². The zero-order chi connectivity index (χ0) is 17.2. The topological polar surface area (TPSA) is 38.2 Å². The van der Waals surface area contributed by atoms with Crippen LogP contribution >= 0.6 is 11.3 Å². The van der Waals surface area contributed by atoms with Gasteiger partial charge in [0.1, 0.15) is 12.5 Å². The predicted octanol–water partition coefficient (Wildman–Crippen LogP) is 4.22. The Labute approximate surface area is 152 Å². The minimum Gasteiger partial charge on any atom is -0.478 e. The van der Waals surface area contributed by atoms with E-state index >= 15 is 0 Å². The molecular weight excluding hydrogens is 330 g/mol. The van der Waals surface area contributed by atoms with Gasteiger partial charge in [-0.05, 0) is 42.5 Å². The minimum atomic E-state index is 0.594. The Kier molecular flexibility index (Phi) is 4.51. The molecule has 5 heteroatoms. The second kappa shape index (κ2) is 6.94. The number of nitrogens with zero attached hydrogens (tertiary/aromatic N) is 3. The van der Waals surface area contributed by atoms with E-state index in [-0.39, 0.29) is 0 Å². The summed E-state index contributed by atoms with van der Waals surface area (Å²) >= 11 is 1.68. The summed E-state index contributed by atoms with van der Waals surface area (Å²) in [6.07, 6.45) is 2.91. The van der Waals surface area contributed by atoms with E-state index in [1.165, 1.54) is 22.4 Å². The number of fused-ring (bicyclic) bond motifs is 1. The highest BCUT2D eigenvalue weighted by Crippen LogP contribution is 2.25. The molecule has 3 aromatic rings. The molecule has 128 valence electrons. The summed E-state index contributed by atoms with van der Waals surface area (Å²) in [6, 6.07) is 10.3. The average Bonchev–Trinajstić information content (AvgIpc) is 3.17. The number of aryl methyl sites for hydroxylation is 1. The van der Waals surface area contributed by atoms with Crippen LogP contribution in [-0.2, 0) is 13.0 Å². The first-order valence-corrected chi connectivity index (χ1v) is 9.39. The molecule has 0 radical (unpaired) electrons. The van der Waals surface area contributed by atoms with Crippen molar-refractivity contribution in [3.05, 3.63) is 64.3 Å². The van der Waals surface area contributed by atoms with Gasteiger partial charge in [-0.1, -0.05) is 18.2 Å². The van der Waals surface area contributed by atoms with Crippen LogP contribution in [0, 0.1) is 13.8 Å². The third-order valence-electron chi connectivity index (χ3n) is 4.71. The number of hydrogen-bond donors (Lipinski definition) is 0.